The first-order valence-corrected chi connectivity index (χ1v) is 15.4. The molecule has 2 aliphatic rings. The van der Waals surface area contributed by atoms with Crippen molar-refractivity contribution in [2.24, 2.45) is 0 Å². The number of hydrogen-bond donors (Lipinski definition) is 0. The highest BCUT2D eigenvalue weighted by Gasteiger charge is 2.54. The number of nitrogens with zero attached hydrogens (tertiary/aromatic N) is 6. The zero-order valence-electron chi connectivity index (χ0n) is 21.9. The summed E-state index contributed by atoms with van der Waals surface area (Å²) in [5, 5.41) is 14.7. The Kier molecular flexibility index (Phi) is 5.11. The second-order valence-corrected chi connectivity index (χ2v) is 13.7. The van der Waals surface area contributed by atoms with Gasteiger partial charge in [0.25, 0.3) is 0 Å². The van der Waals surface area contributed by atoms with Crippen LogP contribution in [0.3, 0.4) is 0 Å². The molecule has 0 bridgehead atoms. The molecule has 6 nitrogen and oxygen atoms in total. The number of fused-ring (bicyclic) bond motifs is 8. The van der Waals surface area contributed by atoms with Crippen molar-refractivity contribution in [1.82, 2.24) is 15.0 Å². The van der Waals surface area contributed by atoms with Gasteiger partial charge in [0.2, 0.25) is 11.8 Å². The van der Waals surface area contributed by atoms with Gasteiger partial charge in [0.05, 0.1) is 0 Å². The fourth-order valence-corrected chi connectivity index (χ4v) is 12.0. The molecule has 41 heavy (non-hydrogen) atoms. The van der Waals surface area contributed by atoms with Crippen molar-refractivity contribution >= 4 is 63.2 Å². The summed E-state index contributed by atoms with van der Waals surface area (Å²) >= 11 is 0. The maximum absolute atomic E-state index is 9.57. The van der Waals surface area contributed by atoms with Crippen LogP contribution in [0.1, 0.15) is 5.82 Å². The number of nitriles is 1. The largest absolute Gasteiger partial charge is 0.311 e. The predicted octanol–water partition coefficient (Wildman–Crippen LogP) is 4.69. The Morgan fingerprint density at radius 3 is 1.44 bits per heavy atom. The van der Waals surface area contributed by atoms with Crippen LogP contribution < -0.4 is 30.5 Å². The van der Waals surface area contributed by atoms with Crippen LogP contribution in [0.5, 0.6) is 0 Å². The smallest absolute Gasteiger partial charge is 0.238 e. The van der Waals surface area contributed by atoms with Crippen molar-refractivity contribution in [1.29, 1.82) is 5.26 Å². The van der Waals surface area contributed by atoms with Crippen LogP contribution in [0.4, 0.5) is 34.4 Å². The second kappa shape index (κ2) is 8.98. The van der Waals surface area contributed by atoms with Crippen molar-refractivity contribution in [3.8, 4) is 6.07 Å². The third-order valence-corrected chi connectivity index (χ3v) is 13.0. The first-order valence-electron chi connectivity index (χ1n) is 13.4. The van der Waals surface area contributed by atoms with Crippen LogP contribution in [0.25, 0.3) is 0 Å². The number of hydrogen-bond acceptors (Lipinski definition) is 6. The van der Waals surface area contributed by atoms with Crippen LogP contribution in [0.2, 0.25) is 0 Å². The molecule has 0 N–H and O–H groups in total. The highest BCUT2D eigenvalue weighted by Crippen LogP contribution is 2.42. The molecule has 1 spiro atoms. The van der Waals surface area contributed by atoms with Crippen molar-refractivity contribution in [3.63, 3.8) is 0 Å². The van der Waals surface area contributed by atoms with Gasteiger partial charge in [-0.15, -0.1) is 0 Å². The second-order valence-electron chi connectivity index (χ2n) is 10.0. The summed E-state index contributed by atoms with van der Waals surface area (Å²) in [4.78, 5) is 17.6. The average molecular weight is 543 g/mol. The molecular weight excluding hydrogens is 521 g/mol. The molecule has 0 atom stereocenters. The molecule has 0 saturated carbocycles. The molecule has 6 aromatic rings. The summed E-state index contributed by atoms with van der Waals surface area (Å²) in [5.41, 5.74) is 5.55. The van der Waals surface area contributed by atoms with Crippen molar-refractivity contribution in [3.05, 3.63) is 140 Å². The molecule has 1 aromatic heterocycles. The number of para-hydroxylation sites is 5. The lowest BCUT2D eigenvalue weighted by Crippen LogP contribution is -2.79. The van der Waals surface area contributed by atoms with Crippen molar-refractivity contribution < 1.29 is 0 Å². The molecule has 3 heterocycles. The highest BCUT2D eigenvalue weighted by atomic mass is 28.3. The lowest BCUT2D eigenvalue weighted by atomic mass is 10.1. The summed E-state index contributed by atoms with van der Waals surface area (Å²) in [7, 11) is -2.84. The van der Waals surface area contributed by atoms with E-state index in [1.807, 2.05) is 0 Å². The molecule has 0 radical (unpaired) electrons. The third-order valence-electron chi connectivity index (χ3n) is 8.07. The van der Waals surface area contributed by atoms with E-state index in [1.54, 1.807) is 0 Å². The molecule has 0 amide bonds. The van der Waals surface area contributed by atoms with Crippen molar-refractivity contribution in [2.75, 3.05) is 9.80 Å². The summed E-state index contributed by atoms with van der Waals surface area (Å²) in [5.74, 6) is 0.526. The van der Waals surface area contributed by atoms with Crippen LogP contribution in [0, 0.1) is 11.3 Å². The van der Waals surface area contributed by atoms with E-state index in [1.165, 1.54) is 38.4 Å². The van der Waals surface area contributed by atoms with E-state index in [2.05, 4.69) is 158 Å². The quantitative estimate of drug-likeness (QED) is 0.295. The maximum atomic E-state index is 9.57. The van der Waals surface area contributed by atoms with Crippen LogP contribution in [0.15, 0.2) is 134 Å². The SMILES string of the molecule is N#Cc1ncnc(N2c3ccccc3[Si]3(c4ccccc4N(c4ccccc4)c4ccccc43)c3ccccc32)n1. The molecule has 5 aromatic carbocycles. The molecule has 0 saturated heterocycles. The topological polar surface area (TPSA) is 68.9 Å². The van der Waals surface area contributed by atoms with Gasteiger partial charge in [0.1, 0.15) is 12.4 Å². The van der Waals surface area contributed by atoms with Gasteiger partial charge in [-0.3, -0.25) is 4.90 Å². The van der Waals surface area contributed by atoms with E-state index in [0.717, 1.165) is 17.1 Å². The fourth-order valence-electron chi connectivity index (χ4n) is 6.59. The molecular formula is C34H22N6Si. The Morgan fingerprint density at radius 1 is 0.512 bits per heavy atom. The lowest BCUT2D eigenvalue weighted by molar-refractivity contribution is 0.984. The Morgan fingerprint density at radius 2 is 0.951 bits per heavy atom. The maximum Gasteiger partial charge on any atom is 0.238 e. The summed E-state index contributed by atoms with van der Waals surface area (Å²) in [6, 6.07) is 47.6. The van der Waals surface area contributed by atoms with Gasteiger partial charge >= 0.3 is 0 Å². The van der Waals surface area contributed by atoms with Gasteiger partial charge in [-0.1, -0.05) is 91.0 Å². The lowest BCUT2D eigenvalue weighted by Gasteiger charge is -2.49. The molecule has 8 rings (SSSR count). The number of rotatable bonds is 2. The normalized spacial score (nSPS) is 13.9. The van der Waals surface area contributed by atoms with E-state index in [9.17, 15) is 5.26 Å². The minimum Gasteiger partial charge on any atom is -0.311 e. The van der Waals surface area contributed by atoms with Gasteiger partial charge in [-0.2, -0.15) is 10.2 Å². The first-order chi connectivity index (χ1) is 20.3. The highest BCUT2D eigenvalue weighted by molar-refractivity contribution is 7.23. The molecule has 7 heteroatoms. The number of anilines is 6. The number of aromatic nitrogens is 3. The zero-order chi connectivity index (χ0) is 27.4. The third kappa shape index (κ3) is 3.19. The van der Waals surface area contributed by atoms with Gasteiger partial charge in [-0.25, -0.2) is 9.97 Å². The van der Waals surface area contributed by atoms with E-state index >= 15 is 0 Å². The van der Waals surface area contributed by atoms with Gasteiger partial charge < -0.3 is 4.90 Å². The van der Waals surface area contributed by atoms with Crippen LogP contribution >= 0.6 is 0 Å². The molecule has 192 valence electrons. The Labute approximate surface area is 238 Å². The first kappa shape index (κ1) is 23.3. The van der Waals surface area contributed by atoms with Crippen LogP contribution in [-0.2, 0) is 0 Å². The Balaban J connectivity index is 1.51. The van der Waals surface area contributed by atoms with Gasteiger partial charge in [0, 0.05) is 28.4 Å². The summed E-state index contributed by atoms with van der Waals surface area (Å²) in [6.07, 6.45) is 1.41. The van der Waals surface area contributed by atoms with Gasteiger partial charge in [0.15, 0.2) is 8.07 Å². The van der Waals surface area contributed by atoms with Crippen LogP contribution in [-0.4, -0.2) is 23.0 Å². The summed E-state index contributed by atoms with van der Waals surface area (Å²) in [6.45, 7) is 0. The Hall–Kier alpha value is -5.58. The fraction of sp³-hybridized carbons (Fsp3) is 0. The molecule has 0 aliphatic carbocycles. The molecule has 0 unspecified atom stereocenters. The average Bonchev–Trinajstić information content (AvgIpc) is 3.05. The predicted molar refractivity (Wildman–Crippen MR) is 165 cm³/mol. The standard InChI is InChI=1S/C34H22N6Si/c35-22-33-36-23-37-34(38-33)40-27-16-6-10-20-31(27)41(32-21-11-7-17-28(32)40)29-18-8-4-14-25(29)39(24-12-2-1-3-13-24)26-15-5-9-19-30(26)41/h1-21,23H. The van der Waals surface area contributed by atoms with Crippen molar-refractivity contribution in [2.45, 2.75) is 0 Å². The summed E-state index contributed by atoms with van der Waals surface area (Å²) < 4.78 is 0. The zero-order valence-corrected chi connectivity index (χ0v) is 22.9. The monoisotopic (exact) mass is 542 g/mol. The Bertz CT molecular complexity index is 1900. The molecule has 0 fully saturated rings. The van der Waals surface area contributed by atoms with Gasteiger partial charge in [-0.05, 0) is 57.1 Å². The van der Waals surface area contributed by atoms with E-state index in [0.29, 0.717) is 5.95 Å². The molecule has 2 aliphatic heterocycles. The minimum atomic E-state index is -2.84. The minimum absolute atomic E-state index is 0.0920. The van der Waals surface area contributed by atoms with E-state index in [-0.39, 0.29) is 5.82 Å². The van der Waals surface area contributed by atoms with E-state index in [4.69, 9.17) is 0 Å². The van der Waals surface area contributed by atoms with E-state index < -0.39 is 8.07 Å². The number of benzene rings is 5.